The molecule has 0 amide bonds. The number of hydrazone groups is 1. The van der Waals surface area contributed by atoms with Crippen LogP contribution in [0.1, 0.15) is 18.5 Å². The van der Waals surface area contributed by atoms with Gasteiger partial charge in [0.15, 0.2) is 0 Å². The topological polar surface area (TPSA) is 160 Å². The van der Waals surface area contributed by atoms with Gasteiger partial charge in [-0.3, -0.25) is 25.7 Å². The maximum Gasteiger partial charge on any atom is 0.352 e. The number of allylic oxidation sites excluding steroid dienone is 2. The van der Waals surface area contributed by atoms with Gasteiger partial charge in [-0.1, -0.05) is 30.4 Å². The van der Waals surface area contributed by atoms with Gasteiger partial charge >= 0.3 is 17.1 Å². The van der Waals surface area contributed by atoms with Gasteiger partial charge in [-0.25, -0.2) is 23.5 Å². The molecule has 1 aromatic heterocycles. The molecule has 2 aromatic carbocycles. The maximum absolute atomic E-state index is 13.3. The van der Waals surface area contributed by atoms with E-state index < -0.39 is 38.6 Å². The number of rotatable bonds is 5. The number of nitro groups is 2. The fraction of sp³-hybridized carbons (Fsp3) is 0.227. The van der Waals surface area contributed by atoms with Gasteiger partial charge in [0.2, 0.25) is 0 Å². The first-order valence-electron chi connectivity index (χ1n) is 10.8. The second-order valence-electron chi connectivity index (χ2n) is 8.62. The molecule has 176 valence electrons. The highest BCUT2D eigenvalue weighted by Crippen LogP contribution is 2.52. The summed E-state index contributed by atoms with van der Waals surface area (Å²) in [5.74, 6) is -0.0977. The Balaban J connectivity index is 1.35. The van der Waals surface area contributed by atoms with E-state index in [-0.39, 0.29) is 23.6 Å². The van der Waals surface area contributed by atoms with Crippen LogP contribution < -0.4 is 16.8 Å². The van der Waals surface area contributed by atoms with Gasteiger partial charge in [0.05, 0.1) is 33.7 Å². The van der Waals surface area contributed by atoms with Crippen LogP contribution in [0.3, 0.4) is 0 Å². The molecule has 1 fully saturated rings. The van der Waals surface area contributed by atoms with Crippen molar-refractivity contribution in [2.75, 3.05) is 5.43 Å². The van der Waals surface area contributed by atoms with Crippen LogP contribution in [0.5, 0.6) is 0 Å². The van der Waals surface area contributed by atoms with Gasteiger partial charge < -0.3 is 0 Å². The van der Waals surface area contributed by atoms with E-state index in [4.69, 9.17) is 0 Å². The molecule has 0 saturated heterocycles. The molecule has 1 saturated carbocycles. The van der Waals surface area contributed by atoms with Crippen molar-refractivity contribution in [3.8, 4) is 5.69 Å². The van der Waals surface area contributed by atoms with Crippen molar-refractivity contribution in [1.82, 2.24) is 13.9 Å². The molecule has 2 bridgehead atoms. The van der Waals surface area contributed by atoms with Crippen LogP contribution in [0, 0.1) is 32.1 Å². The van der Waals surface area contributed by atoms with Crippen molar-refractivity contribution in [2.45, 2.75) is 18.5 Å². The number of nitro benzene ring substituents is 2. The summed E-state index contributed by atoms with van der Waals surface area (Å²) in [5, 5.41) is 26.7. The fourth-order valence-corrected chi connectivity index (χ4v) is 5.30. The van der Waals surface area contributed by atoms with Crippen LogP contribution in [0.4, 0.5) is 17.1 Å². The van der Waals surface area contributed by atoms with Crippen molar-refractivity contribution >= 4 is 22.8 Å². The Hall–Kier alpha value is -4.81. The molecule has 3 aromatic rings. The molecule has 35 heavy (non-hydrogen) atoms. The quantitative estimate of drug-likeness (QED) is 0.337. The molecule has 0 unspecified atom stereocenters. The number of nitrogens with one attached hydrogen (secondary N) is 1. The van der Waals surface area contributed by atoms with Gasteiger partial charge in [0, 0.05) is 23.6 Å². The molecule has 0 radical (unpaired) electrons. The Morgan fingerprint density at radius 1 is 0.914 bits per heavy atom. The zero-order chi connectivity index (χ0) is 24.4. The van der Waals surface area contributed by atoms with E-state index in [1.54, 1.807) is 30.3 Å². The molecule has 2 aliphatic carbocycles. The van der Waals surface area contributed by atoms with Crippen molar-refractivity contribution in [3.63, 3.8) is 0 Å². The van der Waals surface area contributed by atoms with E-state index in [0.29, 0.717) is 17.8 Å². The Bertz CT molecular complexity index is 1580. The number of para-hydroxylation sites is 1. The Kier molecular flexibility index (Phi) is 4.36. The predicted molar refractivity (Wildman–Crippen MR) is 124 cm³/mol. The van der Waals surface area contributed by atoms with E-state index in [1.165, 1.54) is 15.4 Å². The third kappa shape index (κ3) is 2.90. The van der Waals surface area contributed by atoms with Crippen LogP contribution in [-0.2, 0) is 0 Å². The summed E-state index contributed by atoms with van der Waals surface area (Å²) in [6.45, 7) is 0. The Morgan fingerprint density at radius 2 is 1.60 bits per heavy atom. The standard InChI is InChI=1S/C22H17N7O6/c30-21-25(12-4-2-1-3-5-12)22(31)27-18-9-8-17(26(21)27)14-11-16(20(14)18)24-23-15-7-6-13(28(32)33)10-19(15)29(34)35/h1-10,14,17-18,20,23H,11H2/t14-,17-,18-,20+/m0/s1. The normalized spacial score (nSPS) is 24.5. The lowest BCUT2D eigenvalue weighted by Gasteiger charge is -2.52. The Morgan fingerprint density at radius 3 is 2.29 bits per heavy atom. The highest BCUT2D eigenvalue weighted by atomic mass is 16.6. The van der Waals surface area contributed by atoms with Gasteiger partial charge in [-0.15, -0.1) is 0 Å². The first kappa shape index (κ1) is 20.8. The van der Waals surface area contributed by atoms with E-state index in [0.717, 1.165) is 16.7 Å². The van der Waals surface area contributed by atoms with Crippen molar-refractivity contribution in [2.24, 2.45) is 16.9 Å². The van der Waals surface area contributed by atoms with Gasteiger partial charge in [-0.05, 0) is 24.6 Å². The summed E-state index contributed by atoms with van der Waals surface area (Å²) < 4.78 is 4.13. The van der Waals surface area contributed by atoms with Crippen molar-refractivity contribution in [3.05, 3.63) is 102 Å². The van der Waals surface area contributed by atoms with Crippen molar-refractivity contribution in [1.29, 1.82) is 0 Å². The third-order valence-electron chi connectivity index (χ3n) is 6.90. The van der Waals surface area contributed by atoms with E-state index in [2.05, 4.69) is 10.5 Å². The van der Waals surface area contributed by atoms with Gasteiger partial charge in [0.25, 0.3) is 5.69 Å². The van der Waals surface area contributed by atoms with Gasteiger partial charge in [0.1, 0.15) is 5.69 Å². The molecule has 0 spiro atoms. The highest BCUT2D eigenvalue weighted by Gasteiger charge is 2.55. The number of non-ortho nitro benzene ring substituents is 1. The summed E-state index contributed by atoms with van der Waals surface area (Å²) in [7, 11) is 0. The molecule has 7 rings (SSSR count). The van der Waals surface area contributed by atoms with E-state index >= 15 is 0 Å². The average molecular weight is 475 g/mol. The number of hydrogen-bond acceptors (Lipinski definition) is 8. The lowest BCUT2D eigenvalue weighted by atomic mass is 9.61. The van der Waals surface area contributed by atoms with E-state index in [9.17, 15) is 29.8 Å². The first-order chi connectivity index (χ1) is 16.9. The van der Waals surface area contributed by atoms with Gasteiger partial charge in [-0.2, -0.15) is 5.10 Å². The fourth-order valence-electron chi connectivity index (χ4n) is 5.30. The minimum Gasteiger partial charge on any atom is -0.272 e. The highest BCUT2D eigenvalue weighted by molar-refractivity contribution is 5.94. The third-order valence-corrected chi connectivity index (χ3v) is 6.90. The molecule has 13 nitrogen and oxygen atoms in total. The van der Waals surface area contributed by atoms with Crippen LogP contribution >= 0.6 is 0 Å². The number of benzene rings is 2. The molecule has 4 aliphatic rings. The second kappa shape index (κ2) is 7.35. The lowest BCUT2D eigenvalue weighted by Crippen LogP contribution is -2.57. The summed E-state index contributed by atoms with van der Waals surface area (Å²) in [6, 6.07) is 11.3. The predicted octanol–water partition coefficient (Wildman–Crippen LogP) is 2.39. The molecular weight excluding hydrogens is 458 g/mol. The summed E-state index contributed by atoms with van der Waals surface area (Å²) in [4.78, 5) is 47.4. The average Bonchev–Trinajstić information content (AvgIpc) is 3.11. The smallest absolute Gasteiger partial charge is 0.272 e. The van der Waals surface area contributed by atoms with Crippen LogP contribution in [-0.4, -0.2) is 29.5 Å². The zero-order valence-corrected chi connectivity index (χ0v) is 17.9. The van der Waals surface area contributed by atoms with Crippen LogP contribution in [0.2, 0.25) is 0 Å². The molecule has 1 N–H and O–H groups in total. The summed E-state index contributed by atoms with van der Waals surface area (Å²) in [6.07, 6.45) is 4.37. The van der Waals surface area contributed by atoms with Crippen molar-refractivity contribution < 1.29 is 9.85 Å². The molecule has 13 heteroatoms. The molecule has 4 atom stereocenters. The zero-order valence-electron chi connectivity index (χ0n) is 17.9. The lowest BCUT2D eigenvalue weighted by molar-refractivity contribution is -0.393. The summed E-state index contributed by atoms with van der Waals surface area (Å²) in [5.41, 5.74) is 2.20. The van der Waals surface area contributed by atoms with Crippen LogP contribution in [0.25, 0.3) is 5.69 Å². The minimum absolute atomic E-state index is 0.0253. The minimum atomic E-state index is -0.713. The number of aromatic nitrogens is 3. The van der Waals surface area contributed by atoms with E-state index in [1.807, 2.05) is 12.2 Å². The maximum atomic E-state index is 13.3. The molecular formula is C22H17N7O6. The number of hydrogen-bond donors (Lipinski definition) is 1. The monoisotopic (exact) mass is 475 g/mol. The molecule has 3 heterocycles. The Labute approximate surface area is 195 Å². The summed E-state index contributed by atoms with van der Waals surface area (Å²) >= 11 is 0. The first-order valence-corrected chi connectivity index (χ1v) is 10.8. The second-order valence-corrected chi connectivity index (χ2v) is 8.62. The largest absolute Gasteiger partial charge is 0.352 e. The SMILES string of the molecule is O=c1n(-c2ccccc2)c(=O)n2n1[C@H]1C=C[C@H]2[C@H]2C(=NNc3ccc([N+](=O)[O-])cc3[N+](=O)[O-])C[C@H]21. The van der Waals surface area contributed by atoms with Crippen LogP contribution in [0.15, 0.2) is 75.4 Å². The molecule has 2 aliphatic heterocycles. The number of nitrogens with zero attached hydrogens (tertiary/aromatic N) is 6. The number of anilines is 1.